The smallest absolute Gasteiger partial charge is 0.340 e. The van der Waals surface area contributed by atoms with Gasteiger partial charge < -0.3 is 14.5 Å². The maximum atomic E-state index is 13.1. The van der Waals surface area contributed by atoms with E-state index in [4.69, 9.17) is 9.15 Å². The van der Waals surface area contributed by atoms with Crippen molar-refractivity contribution in [3.8, 4) is 11.5 Å². The van der Waals surface area contributed by atoms with E-state index in [1.807, 2.05) is 84.0 Å². The lowest BCUT2D eigenvalue weighted by atomic mass is 10.0. The van der Waals surface area contributed by atoms with Gasteiger partial charge in [-0.3, -0.25) is 4.79 Å². The molecule has 0 aliphatic rings. The van der Waals surface area contributed by atoms with E-state index >= 15 is 0 Å². The number of carbonyl (C=O) groups excluding carboxylic acids is 1. The van der Waals surface area contributed by atoms with Crippen LogP contribution in [0.5, 0.6) is 0 Å². The predicted molar refractivity (Wildman–Crippen MR) is 139 cm³/mol. The van der Waals surface area contributed by atoms with Gasteiger partial charge in [0, 0.05) is 23.0 Å². The van der Waals surface area contributed by atoms with Crippen molar-refractivity contribution in [3.63, 3.8) is 0 Å². The van der Waals surface area contributed by atoms with E-state index in [1.165, 1.54) is 6.07 Å². The average Bonchev–Trinajstić information content (AvgIpc) is 2.78. The number of anilines is 1. The monoisotopic (exact) mass is 470 g/mol. The summed E-state index contributed by atoms with van der Waals surface area (Å²) in [4.78, 5) is 30.4. The van der Waals surface area contributed by atoms with Gasteiger partial charge in [-0.05, 0) is 77.4 Å². The number of fused-ring (bicyclic) bond motifs is 1. The van der Waals surface area contributed by atoms with Crippen LogP contribution in [-0.2, 0) is 4.74 Å². The number of benzene rings is 2. The zero-order valence-electron chi connectivity index (χ0n) is 20.9. The number of nitrogens with one attached hydrogen (secondary N) is 1. The van der Waals surface area contributed by atoms with Gasteiger partial charge in [-0.25, -0.2) is 9.78 Å². The highest BCUT2D eigenvalue weighted by molar-refractivity contribution is 5.96. The van der Waals surface area contributed by atoms with Crippen LogP contribution in [0.15, 0.2) is 69.9 Å². The van der Waals surface area contributed by atoms with Gasteiger partial charge >= 0.3 is 5.97 Å². The highest BCUT2D eigenvalue weighted by atomic mass is 16.6. The summed E-state index contributed by atoms with van der Waals surface area (Å²) in [6.45, 7) is 11.3. The standard InChI is InChI=1S/C29H30N2O4/c1-17-14-21(19(3)31-23-12-8-7-11-20(23)28(33)35-29(4,5)6)27-22(15-17)25(32)16-26(34-27)24-13-9-10-18(2)30-24/h7-16,19,31H,1-6H3. The molecule has 2 heterocycles. The minimum atomic E-state index is -0.605. The first kappa shape index (κ1) is 24.2. The molecule has 35 heavy (non-hydrogen) atoms. The molecule has 0 fully saturated rings. The molecule has 0 saturated heterocycles. The van der Waals surface area contributed by atoms with E-state index in [0.29, 0.717) is 33.7 Å². The lowest BCUT2D eigenvalue weighted by molar-refractivity contribution is 0.00706. The SMILES string of the molecule is Cc1cc(C(C)Nc2ccccc2C(=O)OC(C)(C)C)c2oc(-c3cccc(C)n3)cc(=O)c2c1. The number of hydrogen-bond acceptors (Lipinski definition) is 6. The minimum Gasteiger partial charge on any atom is -0.456 e. The van der Waals surface area contributed by atoms with E-state index in [0.717, 1.165) is 16.8 Å². The van der Waals surface area contributed by atoms with Crippen LogP contribution in [-0.4, -0.2) is 16.6 Å². The van der Waals surface area contributed by atoms with E-state index in [9.17, 15) is 9.59 Å². The molecular weight excluding hydrogens is 440 g/mol. The van der Waals surface area contributed by atoms with Crippen LogP contribution >= 0.6 is 0 Å². The molecule has 1 unspecified atom stereocenters. The molecule has 1 atom stereocenters. The predicted octanol–water partition coefficient (Wildman–Crippen LogP) is 6.60. The quantitative estimate of drug-likeness (QED) is 0.331. The van der Waals surface area contributed by atoms with Crippen molar-refractivity contribution in [2.45, 2.75) is 53.2 Å². The number of hydrogen-bond donors (Lipinski definition) is 1. The molecule has 1 N–H and O–H groups in total. The molecule has 0 bridgehead atoms. The maximum Gasteiger partial charge on any atom is 0.340 e. The molecule has 6 nitrogen and oxygen atoms in total. The van der Waals surface area contributed by atoms with Gasteiger partial charge in [0.15, 0.2) is 11.2 Å². The summed E-state index contributed by atoms with van der Waals surface area (Å²) in [7, 11) is 0. The summed E-state index contributed by atoms with van der Waals surface area (Å²) in [6, 6.07) is 17.9. The summed E-state index contributed by atoms with van der Waals surface area (Å²) < 4.78 is 11.9. The lowest BCUT2D eigenvalue weighted by Gasteiger charge is -2.22. The normalized spacial score (nSPS) is 12.4. The Bertz CT molecular complexity index is 1460. The maximum absolute atomic E-state index is 13.1. The van der Waals surface area contributed by atoms with Crippen LogP contribution in [0.4, 0.5) is 5.69 Å². The summed E-state index contributed by atoms with van der Waals surface area (Å²) in [5.41, 5.74) is 4.04. The Kier molecular flexibility index (Phi) is 6.48. The molecule has 2 aromatic heterocycles. The van der Waals surface area contributed by atoms with Gasteiger partial charge in [0.25, 0.3) is 0 Å². The lowest BCUT2D eigenvalue weighted by Crippen LogP contribution is -2.24. The zero-order chi connectivity index (χ0) is 25.3. The number of aromatic nitrogens is 1. The Hall–Kier alpha value is -3.93. The number of esters is 1. The number of pyridine rings is 1. The summed E-state index contributed by atoms with van der Waals surface area (Å²) in [5.74, 6) is 0.0129. The number of rotatable bonds is 5. The number of para-hydroxylation sites is 1. The molecule has 0 amide bonds. The van der Waals surface area contributed by atoms with Gasteiger partial charge in [0.05, 0.1) is 17.0 Å². The van der Waals surface area contributed by atoms with Crippen molar-refractivity contribution < 1.29 is 13.9 Å². The molecule has 0 radical (unpaired) electrons. The second kappa shape index (κ2) is 9.37. The van der Waals surface area contributed by atoms with Crippen molar-refractivity contribution in [3.05, 3.63) is 93.3 Å². The van der Waals surface area contributed by atoms with Crippen LogP contribution in [0.2, 0.25) is 0 Å². The van der Waals surface area contributed by atoms with Crippen LogP contribution in [0.25, 0.3) is 22.4 Å². The van der Waals surface area contributed by atoms with E-state index < -0.39 is 11.6 Å². The molecule has 0 aliphatic heterocycles. The van der Waals surface area contributed by atoms with E-state index in [-0.39, 0.29) is 11.5 Å². The molecule has 0 saturated carbocycles. The number of aryl methyl sites for hydroxylation is 2. The first-order chi connectivity index (χ1) is 16.5. The molecule has 0 aliphatic carbocycles. The van der Waals surface area contributed by atoms with Gasteiger partial charge in [0.1, 0.15) is 16.9 Å². The first-order valence-corrected chi connectivity index (χ1v) is 11.6. The highest BCUT2D eigenvalue weighted by Gasteiger charge is 2.22. The zero-order valence-corrected chi connectivity index (χ0v) is 20.9. The summed E-state index contributed by atoms with van der Waals surface area (Å²) in [5, 5.41) is 3.93. The Balaban J connectivity index is 1.78. The van der Waals surface area contributed by atoms with Crippen LogP contribution < -0.4 is 10.7 Å². The minimum absolute atomic E-state index is 0.129. The van der Waals surface area contributed by atoms with Crippen LogP contribution in [0.1, 0.15) is 60.9 Å². The third-order valence-corrected chi connectivity index (χ3v) is 5.53. The Labute approximate surface area is 205 Å². The molecule has 0 spiro atoms. The van der Waals surface area contributed by atoms with Gasteiger partial charge in [-0.15, -0.1) is 0 Å². The number of nitrogens with zero attached hydrogens (tertiary/aromatic N) is 1. The average molecular weight is 471 g/mol. The van der Waals surface area contributed by atoms with E-state index in [1.54, 1.807) is 12.1 Å². The molecular formula is C29H30N2O4. The van der Waals surface area contributed by atoms with Crippen molar-refractivity contribution in [2.24, 2.45) is 0 Å². The number of ether oxygens (including phenoxy) is 1. The van der Waals surface area contributed by atoms with Gasteiger partial charge in [-0.1, -0.05) is 24.3 Å². The Morgan fingerprint density at radius 1 is 1.03 bits per heavy atom. The highest BCUT2D eigenvalue weighted by Crippen LogP contribution is 2.31. The van der Waals surface area contributed by atoms with Crippen LogP contribution in [0.3, 0.4) is 0 Å². The fourth-order valence-electron chi connectivity index (χ4n) is 3.99. The first-order valence-electron chi connectivity index (χ1n) is 11.6. The van der Waals surface area contributed by atoms with Crippen molar-refractivity contribution in [2.75, 3.05) is 5.32 Å². The number of carbonyl (C=O) groups is 1. The fourth-order valence-corrected chi connectivity index (χ4v) is 3.99. The molecule has 6 heteroatoms. The summed E-state index contributed by atoms with van der Waals surface area (Å²) in [6.07, 6.45) is 0. The molecule has 4 aromatic rings. The third-order valence-electron chi connectivity index (χ3n) is 5.53. The molecule has 2 aromatic carbocycles. The van der Waals surface area contributed by atoms with Crippen molar-refractivity contribution in [1.82, 2.24) is 4.98 Å². The van der Waals surface area contributed by atoms with E-state index in [2.05, 4.69) is 10.3 Å². The largest absolute Gasteiger partial charge is 0.456 e. The summed E-state index contributed by atoms with van der Waals surface area (Å²) >= 11 is 0. The topological polar surface area (TPSA) is 81.4 Å². The Morgan fingerprint density at radius 2 is 1.77 bits per heavy atom. The van der Waals surface area contributed by atoms with Gasteiger partial charge in [0.2, 0.25) is 0 Å². The second-order valence-electron chi connectivity index (χ2n) is 9.78. The van der Waals surface area contributed by atoms with Crippen molar-refractivity contribution >= 4 is 22.6 Å². The van der Waals surface area contributed by atoms with Gasteiger partial charge in [-0.2, -0.15) is 0 Å². The van der Waals surface area contributed by atoms with Crippen LogP contribution in [0, 0.1) is 13.8 Å². The second-order valence-corrected chi connectivity index (χ2v) is 9.78. The molecule has 4 rings (SSSR count). The molecule has 180 valence electrons. The van der Waals surface area contributed by atoms with Crippen molar-refractivity contribution in [1.29, 1.82) is 0 Å². The fraction of sp³-hybridized carbons (Fsp3) is 0.276. The third kappa shape index (κ3) is 5.43. The Morgan fingerprint density at radius 3 is 2.49 bits per heavy atom.